The van der Waals surface area contributed by atoms with Crippen molar-refractivity contribution in [1.82, 2.24) is 9.97 Å². The summed E-state index contributed by atoms with van der Waals surface area (Å²) in [4.78, 5) is 9.49. The second-order valence-electron chi connectivity index (χ2n) is 6.35. The molecule has 0 spiro atoms. The molecule has 0 amide bonds. The van der Waals surface area contributed by atoms with Crippen molar-refractivity contribution in [2.45, 2.75) is 51.7 Å². The van der Waals surface area contributed by atoms with Crippen LogP contribution < -0.4 is 0 Å². The number of benzene rings is 1. The predicted octanol–water partition coefficient (Wildman–Crippen LogP) is 3.41. The molecule has 0 aliphatic carbocycles. The van der Waals surface area contributed by atoms with E-state index in [9.17, 15) is 10.2 Å². The molecule has 126 valence electrons. The number of aromatic nitrogens is 2. The van der Waals surface area contributed by atoms with Gasteiger partial charge in [-0.2, -0.15) is 0 Å². The molecule has 1 aromatic carbocycles. The van der Waals surface area contributed by atoms with Gasteiger partial charge in [0, 0.05) is 35.0 Å². The standard InChI is InChI=1S/C20H24N2O2/c1-3-17(23)11-15-9-7-13-5-6-14-8-10-16(12-18(24)4-2)22-20(14)19(13)21-15/h5-10,17-18,23-24H,3-4,11-12H2,1-2H3/t17-,18-/m1/s1. The Hall–Kier alpha value is -2.04. The third kappa shape index (κ3) is 3.55. The van der Waals surface area contributed by atoms with Gasteiger partial charge < -0.3 is 10.2 Å². The van der Waals surface area contributed by atoms with Crippen molar-refractivity contribution < 1.29 is 10.2 Å². The Labute approximate surface area is 142 Å². The van der Waals surface area contributed by atoms with E-state index >= 15 is 0 Å². The smallest absolute Gasteiger partial charge is 0.0967 e. The fourth-order valence-corrected chi connectivity index (χ4v) is 2.85. The lowest BCUT2D eigenvalue weighted by molar-refractivity contribution is 0.169. The van der Waals surface area contributed by atoms with Gasteiger partial charge in [-0.05, 0) is 25.0 Å². The highest BCUT2D eigenvalue weighted by Crippen LogP contribution is 2.24. The molecule has 0 fully saturated rings. The van der Waals surface area contributed by atoms with Crippen molar-refractivity contribution in [2.24, 2.45) is 0 Å². The van der Waals surface area contributed by atoms with Crippen molar-refractivity contribution in [3.63, 3.8) is 0 Å². The van der Waals surface area contributed by atoms with Crippen LogP contribution in [-0.2, 0) is 12.8 Å². The molecule has 0 aliphatic heterocycles. The summed E-state index contributed by atoms with van der Waals surface area (Å²) in [7, 11) is 0. The first-order valence-corrected chi connectivity index (χ1v) is 8.65. The molecular weight excluding hydrogens is 300 g/mol. The van der Waals surface area contributed by atoms with Crippen LogP contribution in [0, 0.1) is 0 Å². The lowest BCUT2D eigenvalue weighted by Crippen LogP contribution is -2.10. The SMILES string of the molecule is CC[C@@H](O)Cc1ccc2ccc3ccc(C[C@H](O)CC)nc3c2n1. The van der Waals surface area contributed by atoms with E-state index < -0.39 is 0 Å². The molecule has 4 heteroatoms. The van der Waals surface area contributed by atoms with Gasteiger partial charge in [-0.15, -0.1) is 0 Å². The van der Waals surface area contributed by atoms with Gasteiger partial charge in [-0.1, -0.05) is 38.1 Å². The van der Waals surface area contributed by atoms with Crippen LogP contribution in [0.4, 0.5) is 0 Å². The molecule has 0 radical (unpaired) electrons. The van der Waals surface area contributed by atoms with E-state index in [1.54, 1.807) is 0 Å². The molecule has 2 aromatic heterocycles. The molecule has 3 aromatic rings. The summed E-state index contributed by atoms with van der Waals surface area (Å²) in [6, 6.07) is 12.1. The van der Waals surface area contributed by atoms with Crippen LogP contribution >= 0.6 is 0 Å². The van der Waals surface area contributed by atoms with Gasteiger partial charge in [0.2, 0.25) is 0 Å². The molecule has 0 saturated carbocycles. The maximum absolute atomic E-state index is 9.88. The van der Waals surface area contributed by atoms with E-state index in [-0.39, 0.29) is 12.2 Å². The fourth-order valence-electron chi connectivity index (χ4n) is 2.85. The first kappa shape index (κ1) is 16.8. The van der Waals surface area contributed by atoms with Gasteiger partial charge in [-0.3, -0.25) is 9.97 Å². The number of aliphatic hydroxyl groups excluding tert-OH is 2. The van der Waals surface area contributed by atoms with E-state index in [0.29, 0.717) is 25.7 Å². The molecule has 2 atom stereocenters. The number of rotatable bonds is 6. The van der Waals surface area contributed by atoms with Crippen molar-refractivity contribution in [2.75, 3.05) is 0 Å². The van der Waals surface area contributed by atoms with Crippen molar-refractivity contribution in [1.29, 1.82) is 0 Å². The van der Waals surface area contributed by atoms with E-state index in [1.165, 1.54) is 0 Å². The van der Waals surface area contributed by atoms with E-state index in [1.807, 2.05) is 50.2 Å². The number of nitrogens with zero attached hydrogens (tertiary/aromatic N) is 2. The average molecular weight is 324 g/mol. The largest absolute Gasteiger partial charge is 0.393 e. The van der Waals surface area contributed by atoms with E-state index in [0.717, 1.165) is 33.2 Å². The summed E-state index contributed by atoms with van der Waals surface area (Å²) in [5, 5.41) is 21.8. The van der Waals surface area contributed by atoms with Gasteiger partial charge in [0.05, 0.1) is 23.2 Å². The first-order chi connectivity index (χ1) is 11.6. The molecule has 0 saturated heterocycles. The zero-order valence-corrected chi connectivity index (χ0v) is 14.2. The lowest BCUT2D eigenvalue weighted by atomic mass is 10.1. The Kier molecular flexibility index (Phi) is 5.07. The van der Waals surface area contributed by atoms with Crippen LogP contribution in [0.1, 0.15) is 38.1 Å². The normalized spacial score (nSPS) is 14.2. The third-order valence-corrected chi connectivity index (χ3v) is 4.47. The Bertz CT molecular complexity index is 777. The zero-order valence-electron chi connectivity index (χ0n) is 14.2. The van der Waals surface area contributed by atoms with Gasteiger partial charge >= 0.3 is 0 Å². The number of aliphatic hydroxyl groups is 2. The lowest BCUT2D eigenvalue weighted by Gasteiger charge is -2.11. The molecular formula is C20H24N2O2. The highest BCUT2D eigenvalue weighted by molar-refractivity contribution is 6.02. The second kappa shape index (κ2) is 7.24. The zero-order chi connectivity index (χ0) is 17.1. The molecule has 4 nitrogen and oxygen atoms in total. The number of fused-ring (bicyclic) bond motifs is 3. The summed E-state index contributed by atoms with van der Waals surface area (Å²) in [6.07, 6.45) is 1.80. The summed E-state index contributed by atoms with van der Waals surface area (Å²) >= 11 is 0. The van der Waals surface area contributed by atoms with E-state index in [2.05, 4.69) is 0 Å². The van der Waals surface area contributed by atoms with Crippen LogP contribution in [0.2, 0.25) is 0 Å². The maximum atomic E-state index is 9.88. The summed E-state index contributed by atoms with van der Waals surface area (Å²) in [5.74, 6) is 0. The quantitative estimate of drug-likeness (QED) is 0.682. The highest BCUT2D eigenvalue weighted by atomic mass is 16.3. The summed E-state index contributed by atoms with van der Waals surface area (Å²) in [6.45, 7) is 3.93. The highest BCUT2D eigenvalue weighted by Gasteiger charge is 2.10. The van der Waals surface area contributed by atoms with Crippen LogP contribution in [0.25, 0.3) is 21.8 Å². The number of pyridine rings is 2. The Morgan fingerprint density at radius 1 is 0.708 bits per heavy atom. The topological polar surface area (TPSA) is 66.2 Å². The average Bonchev–Trinajstić information content (AvgIpc) is 2.61. The third-order valence-electron chi connectivity index (χ3n) is 4.47. The molecule has 24 heavy (non-hydrogen) atoms. The predicted molar refractivity (Wildman–Crippen MR) is 97.0 cm³/mol. The van der Waals surface area contributed by atoms with E-state index in [4.69, 9.17) is 9.97 Å². The van der Waals surface area contributed by atoms with Crippen molar-refractivity contribution >= 4 is 21.8 Å². The van der Waals surface area contributed by atoms with Crippen LogP contribution in [0.3, 0.4) is 0 Å². The molecule has 0 bridgehead atoms. The number of hydrogen-bond acceptors (Lipinski definition) is 4. The van der Waals surface area contributed by atoms with Crippen LogP contribution in [-0.4, -0.2) is 32.4 Å². The Morgan fingerprint density at radius 3 is 1.46 bits per heavy atom. The van der Waals surface area contributed by atoms with Gasteiger partial charge in [0.25, 0.3) is 0 Å². The summed E-state index contributed by atoms with van der Waals surface area (Å²) in [5.41, 5.74) is 3.48. The van der Waals surface area contributed by atoms with Gasteiger partial charge in [0.1, 0.15) is 0 Å². The molecule has 0 aliphatic rings. The minimum Gasteiger partial charge on any atom is -0.393 e. The summed E-state index contributed by atoms with van der Waals surface area (Å²) < 4.78 is 0. The molecule has 2 heterocycles. The minimum absolute atomic E-state index is 0.367. The van der Waals surface area contributed by atoms with Gasteiger partial charge in [0.15, 0.2) is 0 Å². The van der Waals surface area contributed by atoms with Gasteiger partial charge in [-0.25, -0.2) is 0 Å². The minimum atomic E-state index is -0.367. The number of hydrogen-bond donors (Lipinski definition) is 2. The monoisotopic (exact) mass is 324 g/mol. The fraction of sp³-hybridized carbons (Fsp3) is 0.400. The first-order valence-electron chi connectivity index (χ1n) is 8.65. The molecule has 2 N–H and O–H groups in total. The molecule has 0 unspecified atom stereocenters. The maximum Gasteiger partial charge on any atom is 0.0967 e. The van der Waals surface area contributed by atoms with Crippen LogP contribution in [0.5, 0.6) is 0 Å². The molecule has 3 rings (SSSR count). The van der Waals surface area contributed by atoms with Crippen molar-refractivity contribution in [3.05, 3.63) is 47.8 Å². The second-order valence-corrected chi connectivity index (χ2v) is 6.35. The Balaban J connectivity index is 2.08. The van der Waals surface area contributed by atoms with Crippen molar-refractivity contribution in [3.8, 4) is 0 Å². The Morgan fingerprint density at radius 2 is 1.08 bits per heavy atom. The van der Waals surface area contributed by atoms with Crippen LogP contribution in [0.15, 0.2) is 36.4 Å².